The zero-order valence-corrected chi connectivity index (χ0v) is 66.3. The Labute approximate surface area is 672 Å². The molecule has 4 N–H and O–H groups in total. The molecule has 0 saturated carbocycles. The first-order valence-corrected chi connectivity index (χ1v) is 37.3. The normalized spacial score (nSPS) is 12.6. The summed E-state index contributed by atoms with van der Waals surface area (Å²) in [5.74, 6) is -7.78. The molecule has 1 saturated heterocycles. The number of ketones is 2. The Balaban J connectivity index is 0.000000159. The number of pyridine rings is 8. The molecular formula is C84H76BBr2F6N11O11. The number of halogens is 8. The number of nitrogens with two attached hydrogens (primary N) is 1. The smallest absolute Gasteiger partial charge is 0.477 e. The number of nitrogens with zero attached hydrogens (tertiary/aromatic N) is 9. The van der Waals surface area contributed by atoms with Gasteiger partial charge in [0.15, 0.2) is 46.5 Å². The number of Topliss-reactive ketones (excluding diaryl/α,β-unsaturated/α-hetero) is 2. The van der Waals surface area contributed by atoms with Gasteiger partial charge in [0.1, 0.15) is 31.7 Å². The molecule has 0 atom stereocenters. The van der Waals surface area contributed by atoms with Crippen LogP contribution in [0.15, 0.2) is 237 Å². The molecule has 3 aromatic carbocycles. The summed E-state index contributed by atoms with van der Waals surface area (Å²) >= 11 is 6.51. The van der Waals surface area contributed by atoms with Crippen LogP contribution in [-0.4, -0.2) is 101 Å². The molecule has 592 valence electrons. The SMILES string of the molecule is CC(C)(C)OC(=O)n1cc(B2OC(C)(C)C(C)(C)O2)c2cccnc21.NCc1cccc(Br)n1.O=C(CCc1cccc(-c2c[nH]c3ncccc23)n1)c1cccn(Cc2ccc(F)c(F)c2)c1=O.O=C(CCc1cccc(Br)n1)c1cccn(Cc2ccc(F)c(F)c2)c1=O.O=C(O)c1cccn(Cc2ccc(F)c(F)c2)c1=O. The summed E-state index contributed by atoms with van der Waals surface area (Å²) in [4.78, 5) is 111. The summed E-state index contributed by atoms with van der Waals surface area (Å²) in [6.45, 7) is 14.0. The van der Waals surface area contributed by atoms with Gasteiger partial charge >= 0.3 is 19.2 Å². The molecule has 14 rings (SSSR count). The van der Waals surface area contributed by atoms with Crippen molar-refractivity contribution in [3.63, 3.8) is 0 Å². The second kappa shape index (κ2) is 37.8. The Hall–Kier alpha value is -11.9. The number of carbonyl (C=O) groups excluding carboxylic acids is 3. The second-order valence-corrected chi connectivity index (χ2v) is 29.7. The van der Waals surface area contributed by atoms with Crippen LogP contribution >= 0.6 is 31.9 Å². The number of hydrogen-bond acceptors (Lipinski definition) is 16. The van der Waals surface area contributed by atoms with E-state index < -0.39 is 87.6 Å². The first kappa shape index (κ1) is 85.5. The van der Waals surface area contributed by atoms with E-state index in [0.29, 0.717) is 46.3 Å². The van der Waals surface area contributed by atoms with Crippen LogP contribution in [0.5, 0.6) is 0 Å². The Morgan fingerprint density at radius 3 is 1.43 bits per heavy atom. The Morgan fingerprint density at radius 2 is 0.974 bits per heavy atom. The van der Waals surface area contributed by atoms with Crippen molar-refractivity contribution < 1.29 is 64.7 Å². The number of rotatable bonds is 18. The molecule has 0 bridgehead atoms. The van der Waals surface area contributed by atoms with E-state index in [1.54, 1.807) is 36.8 Å². The van der Waals surface area contributed by atoms with Crippen molar-refractivity contribution in [1.82, 2.24) is 48.2 Å². The molecule has 11 heterocycles. The first-order valence-electron chi connectivity index (χ1n) is 35.7. The monoisotopic (exact) mass is 1700 g/mol. The Kier molecular flexibility index (Phi) is 28.1. The summed E-state index contributed by atoms with van der Waals surface area (Å²) in [6.07, 6.45) is 11.9. The van der Waals surface area contributed by atoms with Gasteiger partial charge in [-0.1, -0.05) is 42.5 Å². The van der Waals surface area contributed by atoms with Gasteiger partial charge in [0, 0.05) is 96.0 Å². The first-order chi connectivity index (χ1) is 54.7. The van der Waals surface area contributed by atoms with Crippen molar-refractivity contribution in [3.05, 3.63) is 339 Å². The zero-order valence-electron chi connectivity index (χ0n) is 63.1. The number of benzene rings is 3. The van der Waals surface area contributed by atoms with Gasteiger partial charge in [-0.25, -0.2) is 60.4 Å². The van der Waals surface area contributed by atoms with Gasteiger partial charge in [-0.05, 0) is 237 Å². The Bertz CT molecular complexity index is 5910. The molecule has 31 heteroatoms. The molecule has 0 amide bonds. The number of nitrogens with one attached hydrogen (secondary N) is 1. The molecule has 0 unspecified atom stereocenters. The lowest BCUT2D eigenvalue weighted by Crippen LogP contribution is -2.41. The topological polar surface area (TPSA) is 293 Å². The Morgan fingerprint density at radius 1 is 0.539 bits per heavy atom. The lowest BCUT2D eigenvalue weighted by atomic mass is 9.79. The number of aromatic amines is 1. The van der Waals surface area contributed by atoms with E-state index in [-0.39, 0.29) is 60.7 Å². The highest BCUT2D eigenvalue weighted by Gasteiger charge is 2.52. The number of carboxylic acids is 1. The number of aromatic nitrogens is 10. The summed E-state index contributed by atoms with van der Waals surface area (Å²) in [7, 11) is -0.569. The van der Waals surface area contributed by atoms with Crippen LogP contribution in [0.2, 0.25) is 0 Å². The number of aryl methyl sites for hydroxylation is 2. The quantitative estimate of drug-likeness (QED) is 0.0311. The number of hydrogen-bond donors (Lipinski definition) is 3. The van der Waals surface area contributed by atoms with Gasteiger partial charge in [-0.3, -0.25) is 29.0 Å². The van der Waals surface area contributed by atoms with Crippen molar-refractivity contribution >= 4 is 90.1 Å². The van der Waals surface area contributed by atoms with Crippen LogP contribution in [0.4, 0.5) is 31.1 Å². The van der Waals surface area contributed by atoms with Crippen molar-refractivity contribution in [1.29, 1.82) is 0 Å². The molecule has 1 fully saturated rings. The van der Waals surface area contributed by atoms with Crippen LogP contribution in [0, 0.1) is 34.9 Å². The molecule has 10 aromatic heterocycles. The molecule has 115 heavy (non-hydrogen) atoms. The van der Waals surface area contributed by atoms with E-state index in [2.05, 4.69) is 56.8 Å². The lowest BCUT2D eigenvalue weighted by molar-refractivity contribution is 0.00578. The highest BCUT2D eigenvalue weighted by Crippen LogP contribution is 2.37. The van der Waals surface area contributed by atoms with Crippen LogP contribution in [0.25, 0.3) is 33.3 Å². The second-order valence-electron chi connectivity index (χ2n) is 28.1. The average Bonchev–Trinajstić information content (AvgIpc) is 1.59. The number of H-pyrrole nitrogens is 1. The molecule has 0 aliphatic carbocycles. The fraction of sp³-hybridized carbons (Fsp3) is 0.214. The third-order valence-corrected chi connectivity index (χ3v) is 19.0. The van der Waals surface area contributed by atoms with E-state index in [9.17, 15) is 59.9 Å². The van der Waals surface area contributed by atoms with E-state index in [1.807, 2.05) is 127 Å². The highest BCUT2D eigenvalue weighted by molar-refractivity contribution is 9.10. The fourth-order valence-corrected chi connectivity index (χ4v) is 12.4. The lowest BCUT2D eigenvalue weighted by Gasteiger charge is -2.32. The van der Waals surface area contributed by atoms with Gasteiger partial charge in [0.05, 0.1) is 53.4 Å². The molecule has 1 aliphatic heterocycles. The van der Waals surface area contributed by atoms with Crippen LogP contribution in [0.3, 0.4) is 0 Å². The highest BCUT2D eigenvalue weighted by atomic mass is 79.9. The number of carbonyl (C=O) groups is 4. The molecule has 0 spiro atoms. The molecule has 13 aromatic rings. The fourth-order valence-electron chi connectivity index (χ4n) is 11.6. The molecule has 22 nitrogen and oxygen atoms in total. The summed E-state index contributed by atoms with van der Waals surface area (Å²) < 4.78 is 103. The third kappa shape index (κ3) is 22.3. The van der Waals surface area contributed by atoms with E-state index >= 15 is 0 Å². The van der Waals surface area contributed by atoms with Crippen LogP contribution in [0.1, 0.15) is 126 Å². The summed E-state index contributed by atoms with van der Waals surface area (Å²) in [5, 5.41) is 10.6. The van der Waals surface area contributed by atoms with Crippen molar-refractivity contribution in [2.24, 2.45) is 5.73 Å². The van der Waals surface area contributed by atoms with E-state index in [0.717, 1.165) is 95.8 Å². The molecule has 0 radical (unpaired) electrons. The van der Waals surface area contributed by atoms with Gasteiger partial charge in [0.2, 0.25) is 0 Å². The maximum atomic E-state index is 13.5. The minimum atomic E-state index is -1.33. The maximum absolute atomic E-state index is 13.5. The van der Waals surface area contributed by atoms with Crippen molar-refractivity contribution in [2.45, 2.75) is 117 Å². The summed E-state index contributed by atoms with van der Waals surface area (Å²) in [6, 6.07) is 43.2. The predicted octanol–water partition coefficient (Wildman–Crippen LogP) is 15.4. The standard InChI is InChI=1S/C27H20F2N4O2.C20H15BrF2N2O2.C18H25BN2O4.C13H9F2NO3.C6H7BrN2/c28-22-10-8-17(14-23(22)29)16-33-13-3-6-20(27(33)35)25(34)11-9-18-4-1-7-24(32-18)21-15-31-26-19(21)5-2-12-30-26;21-19-5-1-3-14(24-19)7-9-18(26)15-4-2-10-25(20(15)27)12-13-6-8-16(22)17(23)11-13;1-16(2,3)23-15(22)21-11-13(12-9-8-10-20-14(12)21)19-24-17(4,5)18(6,7)25-19;14-10-4-3-8(6-11(10)15)7-16-5-1-2-9(12(16)17)13(18)19;7-6-3-1-2-5(4-8)9-6/h1-8,10,12-15H,9,11,16H2,(H,30,31);1-6,8,10-11H,7,9,12H2;8-11H,1-7H3;1-6H,7H2,(H,18,19);1-3H,4,8H2. The van der Waals surface area contributed by atoms with Gasteiger partial charge in [-0.2, -0.15) is 0 Å². The largest absolute Gasteiger partial charge is 0.497 e. The van der Waals surface area contributed by atoms with Crippen LogP contribution in [-0.2, 0) is 53.1 Å². The average molecular weight is 1700 g/mol. The summed E-state index contributed by atoms with van der Waals surface area (Å²) in [5.41, 5.74) is 9.29. The molecular weight excluding hydrogens is 1620 g/mol. The van der Waals surface area contributed by atoms with Crippen molar-refractivity contribution in [2.75, 3.05) is 0 Å². The number of ether oxygens (including phenoxy) is 1. The third-order valence-electron chi connectivity index (χ3n) is 18.1. The van der Waals surface area contributed by atoms with E-state index in [1.165, 1.54) is 74.8 Å². The number of carboxylic acid groups (broad SMARTS) is 1. The van der Waals surface area contributed by atoms with Gasteiger partial charge in [-0.15, -0.1) is 0 Å². The van der Waals surface area contributed by atoms with Crippen molar-refractivity contribution in [3.8, 4) is 11.3 Å². The minimum absolute atomic E-state index is 0.0280. The number of aromatic carboxylic acids is 1. The molecule has 1 aliphatic rings. The van der Waals surface area contributed by atoms with Crippen LogP contribution < -0.4 is 27.9 Å². The van der Waals surface area contributed by atoms with Gasteiger partial charge < -0.3 is 43.6 Å². The predicted molar refractivity (Wildman–Crippen MR) is 429 cm³/mol. The maximum Gasteiger partial charge on any atom is 0.497 e. The number of fused-ring (bicyclic) bond motifs is 2. The zero-order chi connectivity index (χ0) is 83.1. The minimum Gasteiger partial charge on any atom is -0.477 e. The van der Waals surface area contributed by atoms with E-state index in [4.69, 9.17) is 29.9 Å². The van der Waals surface area contributed by atoms with Gasteiger partial charge in [0.25, 0.3) is 16.7 Å².